The molecular formula is C12H19N3O2. The first kappa shape index (κ1) is 12.1. The second kappa shape index (κ2) is 5.31. The van der Waals surface area contributed by atoms with Gasteiger partial charge in [0, 0.05) is 38.6 Å². The molecule has 1 aliphatic rings. The van der Waals surface area contributed by atoms with Gasteiger partial charge in [-0.15, -0.1) is 0 Å². The molecule has 0 bridgehead atoms. The molecule has 1 aromatic rings. The van der Waals surface area contributed by atoms with Crippen molar-refractivity contribution in [2.45, 2.75) is 13.5 Å². The second-order valence-corrected chi connectivity index (χ2v) is 4.67. The standard InChI is InChI=1S/C12H19N3O2/c1-10-7-15(8-11(10)12(16)17-2)6-5-14-4-3-13-9-14/h3-4,9-11H,5-8H2,1-2H3. The van der Waals surface area contributed by atoms with Crippen LogP contribution in [0, 0.1) is 11.8 Å². The molecule has 0 N–H and O–H groups in total. The number of hydrogen-bond acceptors (Lipinski definition) is 4. The van der Waals surface area contributed by atoms with Crippen LogP contribution in [0.3, 0.4) is 0 Å². The highest BCUT2D eigenvalue weighted by molar-refractivity contribution is 5.73. The molecule has 2 rings (SSSR count). The zero-order valence-corrected chi connectivity index (χ0v) is 10.4. The first-order valence-corrected chi connectivity index (χ1v) is 5.96. The molecule has 5 heteroatoms. The van der Waals surface area contributed by atoms with E-state index in [4.69, 9.17) is 4.74 Å². The highest BCUT2D eigenvalue weighted by Gasteiger charge is 2.35. The van der Waals surface area contributed by atoms with Gasteiger partial charge in [0.25, 0.3) is 0 Å². The maximum atomic E-state index is 11.5. The van der Waals surface area contributed by atoms with Gasteiger partial charge in [0.15, 0.2) is 0 Å². The van der Waals surface area contributed by atoms with Gasteiger partial charge in [-0.25, -0.2) is 4.98 Å². The van der Waals surface area contributed by atoms with Gasteiger partial charge in [-0.1, -0.05) is 6.92 Å². The molecule has 1 aromatic heterocycles. The smallest absolute Gasteiger partial charge is 0.310 e. The first-order valence-electron chi connectivity index (χ1n) is 5.96. The predicted molar refractivity (Wildman–Crippen MR) is 63.3 cm³/mol. The van der Waals surface area contributed by atoms with Crippen LogP contribution in [0.25, 0.3) is 0 Å². The molecule has 1 saturated heterocycles. The molecule has 0 aromatic carbocycles. The van der Waals surface area contributed by atoms with Crippen molar-refractivity contribution in [3.63, 3.8) is 0 Å². The summed E-state index contributed by atoms with van der Waals surface area (Å²) >= 11 is 0. The third-order valence-corrected chi connectivity index (χ3v) is 3.43. The molecular weight excluding hydrogens is 218 g/mol. The van der Waals surface area contributed by atoms with E-state index in [2.05, 4.69) is 21.4 Å². The molecule has 0 aliphatic carbocycles. The van der Waals surface area contributed by atoms with E-state index in [-0.39, 0.29) is 11.9 Å². The van der Waals surface area contributed by atoms with Crippen molar-refractivity contribution in [2.24, 2.45) is 11.8 Å². The fraction of sp³-hybridized carbons (Fsp3) is 0.667. The summed E-state index contributed by atoms with van der Waals surface area (Å²) in [5.41, 5.74) is 0. The van der Waals surface area contributed by atoms with Gasteiger partial charge >= 0.3 is 5.97 Å². The molecule has 94 valence electrons. The number of carbonyl (C=O) groups excluding carboxylic acids is 1. The molecule has 0 radical (unpaired) electrons. The van der Waals surface area contributed by atoms with Crippen LogP contribution < -0.4 is 0 Å². The van der Waals surface area contributed by atoms with E-state index < -0.39 is 0 Å². The van der Waals surface area contributed by atoms with Gasteiger partial charge in [-0.3, -0.25) is 4.79 Å². The Morgan fingerprint density at radius 2 is 2.29 bits per heavy atom. The average molecular weight is 237 g/mol. The SMILES string of the molecule is COC(=O)C1CN(CCn2ccnc2)CC1C. The Labute approximate surface area is 101 Å². The lowest BCUT2D eigenvalue weighted by molar-refractivity contribution is -0.146. The fourth-order valence-electron chi connectivity index (χ4n) is 2.38. The molecule has 0 saturated carbocycles. The van der Waals surface area contributed by atoms with E-state index in [1.165, 1.54) is 7.11 Å². The molecule has 17 heavy (non-hydrogen) atoms. The Hall–Kier alpha value is -1.36. The van der Waals surface area contributed by atoms with Gasteiger partial charge in [0.1, 0.15) is 0 Å². The molecule has 2 unspecified atom stereocenters. The van der Waals surface area contributed by atoms with Crippen molar-refractivity contribution in [1.29, 1.82) is 0 Å². The summed E-state index contributed by atoms with van der Waals surface area (Å²) in [5.74, 6) is 0.329. The lowest BCUT2D eigenvalue weighted by Gasteiger charge is -2.15. The van der Waals surface area contributed by atoms with Crippen LogP contribution >= 0.6 is 0 Å². The summed E-state index contributed by atoms with van der Waals surface area (Å²) in [7, 11) is 1.46. The van der Waals surface area contributed by atoms with Gasteiger partial charge < -0.3 is 14.2 Å². The Morgan fingerprint density at radius 3 is 2.94 bits per heavy atom. The quantitative estimate of drug-likeness (QED) is 0.720. The number of likely N-dealkylation sites (tertiary alicyclic amines) is 1. The Bertz CT molecular complexity index is 364. The van der Waals surface area contributed by atoms with E-state index in [0.29, 0.717) is 5.92 Å². The second-order valence-electron chi connectivity index (χ2n) is 4.67. The molecule has 0 amide bonds. The van der Waals surface area contributed by atoms with Crippen molar-refractivity contribution >= 4 is 5.97 Å². The van der Waals surface area contributed by atoms with Crippen LogP contribution in [0.4, 0.5) is 0 Å². The number of esters is 1. The van der Waals surface area contributed by atoms with Gasteiger partial charge in [-0.05, 0) is 5.92 Å². The van der Waals surface area contributed by atoms with Crippen LogP contribution in [-0.4, -0.2) is 47.2 Å². The summed E-state index contributed by atoms with van der Waals surface area (Å²) in [5, 5.41) is 0. The Balaban J connectivity index is 1.82. The monoisotopic (exact) mass is 237 g/mol. The summed E-state index contributed by atoms with van der Waals surface area (Å²) < 4.78 is 6.87. The summed E-state index contributed by atoms with van der Waals surface area (Å²) in [6, 6.07) is 0. The lowest BCUT2D eigenvalue weighted by Crippen LogP contribution is -2.27. The molecule has 1 fully saturated rings. The van der Waals surface area contributed by atoms with Crippen LogP contribution in [0.2, 0.25) is 0 Å². The van der Waals surface area contributed by atoms with Crippen molar-refractivity contribution in [2.75, 3.05) is 26.7 Å². The number of imidazole rings is 1. The van der Waals surface area contributed by atoms with Crippen molar-refractivity contribution in [1.82, 2.24) is 14.5 Å². The van der Waals surface area contributed by atoms with Crippen molar-refractivity contribution < 1.29 is 9.53 Å². The number of ether oxygens (including phenoxy) is 1. The highest BCUT2D eigenvalue weighted by Crippen LogP contribution is 2.23. The normalized spacial score (nSPS) is 25.1. The maximum absolute atomic E-state index is 11.5. The van der Waals surface area contributed by atoms with E-state index >= 15 is 0 Å². The number of aromatic nitrogens is 2. The summed E-state index contributed by atoms with van der Waals surface area (Å²) in [6.45, 7) is 5.75. The summed E-state index contributed by atoms with van der Waals surface area (Å²) in [4.78, 5) is 17.9. The van der Waals surface area contributed by atoms with Gasteiger partial charge in [0.05, 0.1) is 19.4 Å². The lowest BCUT2D eigenvalue weighted by atomic mass is 9.99. The van der Waals surface area contributed by atoms with Crippen molar-refractivity contribution in [3.05, 3.63) is 18.7 Å². The molecule has 1 aliphatic heterocycles. The minimum Gasteiger partial charge on any atom is -0.469 e. The number of rotatable bonds is 4. The third kappa shape index (κ3) is 2.85. The van der Waals surface area contributed by atoms with E-state index in [0.717, 1.165) is 26.2 Å². The predicted octanol–water partition coefficient (Wildman–Crippen LogP) is 0.624. The number of hydrogen-bond donors (Lipinski definition) is 0. The number of nitrogens with zero attached hydrogens (tertiary/aromatic N) is 3. The minimum atomic E-state index is -0.0809. The van der Waals surface area contributed by atoms with Crippen LogP contribution in [0.5, 0.6) is 0 Å². The first-order chi connectivity index (χ1) is 8.20. The average Bonchev–Trinajstić information content (AvgIpc) is 2.94. The highest BCUT2D eigenvalue weighted by atomic mass is 16.5. The largest absolute Gasteiger partial charge is 0.469 e. The molecule has 5 nitrogen and oxygen atoms in total. The maximum Gasteiger partial charge on any atom is 0.310 e. The number of methoxy groups -OCH3 is 1. The van der Waals surface area contributed by atoms with Gasteiger partial charge in [-0.2, -0.15) is 0 Å². The summed E-state index contributed by atoms with van der Waals surface area (Å²) in [6.07, 6.45) is 5.55. The fourth-order valence-corrected chi connectivity index (χ4v) is 2.38. The zero-order chi connectivity index (χ0) is 12.3. The Morgan fingerprint density at radius 1 is 1.47 bits per heavy atom. The number of carbonyl (C=O) groups is 1. The van der Waals surface area contributed by atoms with Crippen LogP contribution in [0.15, 0.2) is 18.7 Å². The minimum absolute atomic E-state index is 0.0304. The zero-order valence-electron chi connectivity index (χ0n) is 10.4. The topological polar surface area (TPSA) is 47.4 Å². The van der Waals surface area contributed by atoms with Crippen molar-refractivity contribution in [3.8, 4) is 0 Å². The van der Waals surface area contributed by atoms with E-state index in [1.54, 1.807) is 6.20 Å². The molecule has 2 atom stereocenters. The van der Waals surface area contributed by atoms with E-state index in [9.17, 15) is 4.79 Å². The molecule has 2 heterocycles. The van der Waals surface area contributed by atoms with Crippen LogP contribution in [0.1, 0.15) is 6.92 Å². The van der Waals surface area contributed by atoms with Crippen LogP contribution in [-0.2, 0) is 16.1 Å². The third-order valence-electron chi connectivity index (χ3n) is 3.43. The molecule has 0 spiro atoms. The van der Waals surface area contributed by atoms with E-state index in [1.807, 2.05) is 12.5 Å². The van der Waals surface area contributed by atoms with Gasteiger partial charge in [0.2, 0.25) is 0 Å². The Kier molecular flexibility index (Phi) is 3.78.